The van der Waals surface area contributed by atoms with Crippen LogP contribution in [0, 0.1) is 11.7 Å². The highest BCUT2D eigenvalue weighted by Gasteiger charge is 2.33. The number of likely N-dealkylation sites (tertiary alicyclic amines) is 1. The van der Waals surface area contributed by atoms with E-state index < -0.39 is 0 Å². The summed E-state index contributed by atoms with van der Waals surface area (Å²) in [7, 11) is 0.212. The van der Waals surface area contributed by atoms with E-state index in [1.807, 2.05) is 17.2 Å². The number of fused-ring (bicyclic) bond motifs is 1. The van der Waals surface area contributed by atoms with Gasteiger partial charge in [-0.2, -0.15) is 0 Å². The van der Waals surface area contributed by atoms with Crippen LogP contribution in [0.3, 0.4) is 0 Å². The zero-order valence-electron chi connectivity index (χ0n) is 16.5. The van der Waals surface area contributed by atoms with E-state index in [1.54, 1.807) is 6.20 Å². The van der Waals surface area contributed by atoms with Crippen LogP contribution in [-0.2, 0) is 4.79 Å². The number of rotatable bonds is 4. The van der Waals surface area contributed by atoms with E-state index in [-0.39, 0.29) is 38.0 Å². The van der Waals surface area contributed by atoms with Crippen molar-refractivity contribution in [1.82, 2.24) is 25.5 Å². The molecule has 5 rings (SSSR count). The van der Waals surface area contributed by atoms with Crippen molar-refractivity contribution in [3.63, 3.8) is 0 Å². The molecule has 1 aromatic heterocycles. The largest absolute Gasteiger partial charge is 0.367 e. The molecule has 3 aliphatic heterocycles. The maximum absolute atomic E-state index is 14.6. The molecule has 1 aliphatic carbocycles. The Morgan fingerprint density at radius 3 is 2.87 bits per heavy atom. The van der Waals surface area contributed by atoms with Gasteiger partial charge in [0.1, 0.15) is 6.17 Å². The van der Waals surface area contributed by atoms with Crippen molar-refractivity contribution in [2.24, 2.45) is 5.92 Å². The van der Waals surface area contributed by atoms with Crippen molar-refractivity contribution < 1.29 is 9.18 Å². The lowest BCUT2D eigenvalue weighted by molar-refractivity contribution is -0.138. The van der Waals surface area contributed by atoms with Gasteiger partial charge in [-0.15, -0.1) is 0 Å². The molecular weight excluding hydrogens is 424 g/mol. The Labute approximate surface area is 181 Å². The molecule has 2 fully saturated rings. The van der Waals surface area contributed by atoms with Gasteiger partial charge in [-0.25, -0.2) is 14.4 Å². The highest BCUT2D eigenvalue weighted by Crippen LogP contribution is 2.34. The van der Waals surface area contributed by atoms with Crippen molar-refractivity contribution in [3.05, 3.63) is 46.9 Å². The third-order valence-electron chi connectivity index (χ3n) is 6.21. The van der Waals surface area contributed by atoms with Crippen molar-refractivity contribution in [3.8, 4) is 0 Å². The lowest BCUT2D eigenvalue weighted by Crippen LogP contribution is -2.45. The predicted octanol–water partition coefficient (Wildman–Crippen LogP) is 2.59. The number of carbonyl (C=O) groups is 1. The van der Waals surface area contributed by atoms with Gasteiger partial charge in [0.15, 0.2) is 11.6 Å². The number of aromatic nitrogens is 2. The van der Waals surface area contributed by atoms with Crippen LogP contribution in [0.4, 0.5) is 4.39 Å². The fourth-order valence-corrected chi connectivity index (χ4v) is 5.94. The van der Waals surface area contributed by atoms with Crippen LogP contribution < -0.4 is 16.1 Å². The van der Waals surface area contributed by atoms with E-state index in [1.165, 1.54) is 6.20 Å². The zero-order chi connectivity index (χ0) is 20.7. The van der Waals surface area contributed by atoms with Gasteiger partial charge >= 0.3 is 0 Å². The van der Waals surface area contributed by atoms with Gasteiger partial charge in [0.25, 0.3) is 0 Å². The number of hydrogen-bond acceptors (Lipinski definition) is 5. The number of amides is 1. The summed E-state index contributed by atoms with van der Waals surface area (Å²) >= 11 is 6.13. The van der Waals surface area contributed by atoms with Gasteiger partial charge in [-0.1, -0.05) is 26.6 Å². The molecule has 1 saturated carbocycles. The number of allylic oxidation sites excluding steroid dienone is 2. The topological polar surface area (TPSA) is 70.2 Å². The van der Waals surface area contributed by atoms with Gasteiger partial charge in [-0.3, -0.25) is 4.79 Å². The second kappa shape index (κ2) is 8.27. The molecule has 1 saturated heterocycles. The third-order valence-corrected chi connectivity index (χ3v) is 7.93. The van der Waals surface area contributed by atoms with Crippen molar-refractivity contribution in [2.45, 2.75) is 43.9 Å². The van der Waals surface area contributed by atoms with E-state index in [0.29, 0.717) is 22.8 Å². The first-order chi connectivity index (χ1) is 14.6. The first kappa shape index (κ1) is 20.0. The fourth-order valence-electron chi connectivity index (χ4n) is 4.34. The molecule has 1 aromatic rings. The molecule has 0 radical (unpaired) electrons. The summed E-state index contributed by atoms with van der Waals surface area (Å²) < 4.78 is 14.6. The first-order valence-corrected chi connectivity index (χ1v) is 11.9. The number of hydrogen-bond donors (Lipinski definition) is 2. The summed E-state index contributed by atoms with van der Waals surface area (Å²) in [4.78, 5) is 23.4. The van der Waals surface area contributed by atoms with Gasteiger partial charge in [0.2, 0.25) is 5.91 Å². The summed E-state index contributed by atoms with van der Waals surface area (Å²) in [6, 6.07) is 0. The normalized spacial score (nSPS) is 26.3. The molecule has 30 heavy (non-hydrogen) atoms. The number of carbonyl (C=O) groups excluding carboxylic acids is 1. The van der Waals surface area contributed by atoms with Crippen LogP contribution in [0.1, 0.15) is 37.9 Å². The molecule has 0 bridgehead atoms. The molecule has 4 aliphatic rings. The molecule has 0 spiro atoms. The molecule has 6 nitrogen and oxygen atoms in total. The van der Waals surface area contributed by atoms with Gasteiger partial charge < -0.3 is 15.5 Å². The lowest BCUT2D eigenvalue weighted by atomic mass is 9.84. The van der Waals surface area contributed by atoms with Crippen LogP contribution in [0.2, 0.25) is 0 Å². The summed E-state index contributed by atoms with van der Waals surface area (Å²) in [5.41, 5.74) is 2.45. The average Bonchev–Trinajstić information content (AvgIpc) is 3.11. The molecule has 2 unspecified atom stereocenters. The fraction of sp³-hybridized carbons (Fsp3) is 0.476. The monoisotopic (exact) mass is 447 g/mol. The van der Waals surface area contributed by atoms with Crippen molar-refractivity contribution in [1.29, 1.82) is 0 Å². The molecule has 0 aromatic carbocycles. The minimum atomic E-state index is -0.378. The average molecular weight is 448 g/mol. The van der Waals surface area contributed by atoms with Gasteiger partial charge in [-0.05, 0) is 37.4 Å². The maximum Gasteiger partial charge on any atom is 0.225 e. The van der Waals surface area contributed by atoms with Crippen LogP contribution in [0.25, 0.3) is 5.57 Å². The van der Waals surface area contributed by atoms with Crippen molar-refractivity contribution >= 4 is 37.1 Å². The number of halogens is 2. The summed E-state index contributed by atoms with van der Waals surface area (Å²) in [6.45, 7) is 1.53. The Hall–Kier alpha value is -1.98. The number of piperidine rings is 1. The minimum absolute atomic E-state index is 0.0773. The van der Waals surface area contributed by atoms with Crippen LogP contribution in [0.15, 0.2) is 35.3 Å². The Kier molecular flexibility index (Phi) is 5.50. The molecule has 4 heterocycles. The third kappa shape index (κ3) is 3.85. The molecule has 3 atom stereocenters. The maximum atomic E-state index is 14.6. The van der Waals surface area contributed by atoms with Crippen molar-refractivity contribution in [2.75, 3.05) is 13.1 Å². The van der Waals surface area contributed by atoms with E-state index in [2.05, 4.69) is 20.6 Å². The molecule has 2 N–H and O–H groups in total. The predicted molar refractivity (Wildman–Crippen MR) is 117 cm³/mol. The number of dihydropyridines is 1. The van der Waals surface area contributed by atoms with E-state index >= 15 is 0 Å². The van der Waals surface area contributed by atoms with Gasteiger partial charge in [0.05, 0.1) is 16.7 Å². The second-order valence-corrected chi connectivity index (χ2v) is 10.3. The quantitative estimate of drug-likeness (QED) is 0.694. The zero-order valence-corrected chi connectivity index (χ0v) is 18.3. The minimum Gasteiger partial charge on any atom is -0.367 e. The lowest BCUT2D eigenvalue weighted by Gasteiger charge is -2.37. The molecule has 1 amide bonds. The summed E-state index contributed by atoms with van der Waals surface area (Å²) in [5.74, 6) is 0.611. The second-order valence-electron chi connectivity index (χ2n) is 8.24. The first-order valence-electron chi connectivity index (χ1n) is 10.5. The van der Waals surface area contributed by atoms with E-state index in [4.69, 9.17) is 11.6 Å². The van der Waals surface area contributed by atoms with Crippen LogP contribution in [-0.4, -0.2) is 45.7 Å². The molecule has 158 valence electrons. The molecular formula is C21H24ClFN5OP. The SMILES string of the molecule is O=C(C1CCC1)N1CCC[C@@H](Pc2nc(C3=CNC4NC=C(Cl)C=C34)ncc2F)C1. The number of nitrogens with one attached hydrogen (secondary N) is 2. The Balaban J connectivity index is 1.32. The van der Waals surface area contributed by atoms with Gasteiger partial charge in [0, 0.05) is 42.6 Å². The Morgan fingerprint density at radius 1 is 1.23 bits per heavy atom. The summed E-state index contributed by atoms with van der Waals surface area (Å²) in [5, 5.41) is 6.98. The van der Waals surface area contributed by atoms with E-state index in [9.17, 15) is 9.18 Å². The number of nitrogens with zero attached hydrogens (tertiary/aromatic N) is 3. The Bertz CT molecular complexity index is 961. The summed E-state index contributed by atoms with van der Waals surface area (Å²) in [6.07, 6.45) is 11.8. The van der Waals surface area contributed by atoms with E-state index in [0.717, 1.165) is 49.8 Å². The Morgan fingerprint density at radius 2 is 2.07 bits per heavy atom. The highest BCUT2D eigenvalue weighted by atomic mass is 35.5. The molecule has 9 heteroatoms. The highest BCUT2D eigenvalue weighted by molar-refractivity contribution is 7.47. The van der Waals surface area contributed by atoms with Crippen LogP contribution >= 0.6 is 20.2 Å². The van der Waals surface area contributed by atoms with Crippen LogP contribution in [0.5, 0.6) is 0 Å². The standard InChI is InChI=1S/C21H24ClFN5OP/c22-13-7-15-16(9-25-18(15)24-8-13)19-26-10-17(23)20(27-19)30-14-5-2-6-28(11-14)21(29)12-3-1-4-12/h7-10,12,14,18,24-25,30H,1-6,11H2/t14-,18?/m1/s1. The smallest absolute Gasteiger partial charge is 0.225 e.